The summed E-state index contributed by atoms with van der Waals surface area (Å²) in [5.41, 5.74) is 3.05. The minimum Gasteiger partial charge on any atom is -0.494 e. The minimum atomic E-state index is -0.444. The zero-order valence-corrected chi connectivity index (χ0v) is 20.7. The summed E-state index contributed by atoms with van der Waals surface area (Å²) in [7, 11) is 1.73. The number of methoxy groups -OCH3 is 1. The average molecular weight is 466 g/mol. The van der Waals surface area contributed by atoms with Crippen LogP contribution < -0.4 is 15.1 Å². The van der Waals surface area contributed by atoms with E-state index in [9.17, 15) is 4.79 Å². The second kappa shape index (κ2) is 8.01. The van der Waals surface area contributed by atoms with Crippen molar-refractivity contribution >= 4 is 38.5 Å². The number of likely N-dealkylation sites (N-methyl/N-ethyl adjacent to an activating group) is 1. The molecule has 1 aliphatic rings. The Labute approximate surface area is 200 Å². The standard InChI is InChI=1S/C27H33FN4O2/c1-14(2)32-24-19(26(33)22-18-9-8-15(3)10-20(18)29-27(22)32)11-21(34-7)25(23(24)28)31-12-16(4)30(6)17(5)13-31/h8-11,14,16-17,29H,12-13H2,1-7H3/t16-,17+/i6D. The average Bonchev–Trinajstić information content (AvgIpc) is 3.17. The van der Waals surface area contributed by atoms with Gasteiger partial charge in [0.2, 0.25) is 0 Å². The van der Waals surface area contributed by atoms with Gasteiger partial charge in [0.15, 0.2) is 11.2 Å². The number of hydrogen-bond acceptors (Lipinski definition) is 4. The smallest absolute Gasteiger partial charge is 0.199 e. The Morgan fingerprint density at radius 2 is 1.88 bits per heavy atom. The van der Waals surface area contributed by atoms with Crippen molar-refractivity contribution in [1.29, 1.82) is 0 Å². The molecular weight excluding hydrogens is 431 g/mol. The van der Waals surface area contributed by atoms with E-state index in [1.165, 1.54) is 7.11 Å². The van der Waals surface area contributed by atoms with Crippen molar-refractivity contribution < 1.29 is 10.5 Å². The zero-order valence-electron chi connectivity index (χ0n) is 21.7. The van der Waals surface area contributed by atoms with E-state index in [2.05, 4.69) is 23.7 Å². The number of hydrogen-bond donors (Lipinski definition) is 1. The van der Waals surface area contributed by atoms with Crippen LogP contribution in [-0.4, -0.2) is 53.8 Å². The SMILES string of the molecule is [2H]CN1[C@H](C)CN(c2c(OC)cc3c(=O)c4c5ccc(C)cc5[nH]c4n(C(C)C)c3c2F)C[C@@H]1C. The first kappa shape index (κ1) is 21.5. The minimum absolute atomic E-state index is 0.0859. The number of rotatable bonds is 3. The predicted molar refractivity (Wildman–Crippen MR) is 138 cm³/mol. The van der Waals surface area contributed by atoms with Crippen molar-refractivity contribution in [2.45, 2.75) is 52.7 Å². The lowest BCUT2D eigenvalue weighted by molar-refractivity contribution is 0.169. The molecule has 1 N–H and O–H groups in total. The molecule has 3 heterocycles. The van der Waals surface area contributed by atoms with Gasteiger partial charge < -0.3 is 19.2 Å². The molecular formula is C27H33FN4O2. The third kappa shape index (κ3) is 3.21. The maximum Gasteiger partial charge on any atom is 0.199 e. The summed E-state index contributed by atoms with van der Waals surface area (Å²) in [4.78, 5) is 21.3. The normalized spacial score (nSPS) is 20.1. The molecule has 0 bridgehead atoms. The third-order valence-electron chi connectivity index (χ3n) is 7.22. The summed E-state index contributed by atoms with van der Waals surface area (Å²) in [5.74, 6) is -0.0863. The van der Waals surface area contributed by atoms with Gasteiger partial charge in [0.25, 0.3) is 0 Å². The van der Waals surface area contributed by atoms with Crippen LogP contribution >= 0.6 is 0 Å². The number of ether oxygens (including phenoxy) is 1. The van der Waals surface area contributed by atoms with E-state index in [0.717, 1.165) is 16.5 Å². The molecule has 2 atom stereocenters. The number of fused-ring (bicyclic) bond motifs is 4. The Balaban J connectivity index is 1.86. The van der Waals surface area contributed by atoms with Gasteiger partial charge in [-0.1, -0.05) is 12.1 Å². The van der Waals surface area contributed by atoms with Crippen LogP contribution in [0.4, 0.5) is 10.1 Å². The van der Waals surface area contributed by atoms with Gasteiger partial charge in [0.1, 0.15) is 17.1 Å². The molecule has 34 heavy (non-hydrogen) atoms. The van der Waals surface area contributed by atoms with Crippen molar-refractivity contribution in [3.63, 3.8) is 0 Å². The zero-order chi connectivity index (χ0) is 25.2. The molecule has 2 aromatic heterocycles. The molecule has 4 aromatic rings. The lowest BCUT2D eigenvalue weighted by Crippen LogP contribution is -2.55. The molecule has 0 radical (unpaired) electrons. The van der Waals surface area contributed by atoms with Crippen LogP contribution in [-0.2, 0) is 0 Å². The van der Waals surface area contributed by atoms with E-state index in [0.29, 0.717) is 46.5 Å². The van der Waals surface area contributed by atoms with Gasteiger partial charge in [0, 0.05) is 43.5 Å². The van der Waals surface area contributed by atoms with Crippen molar-refractivity contribution in [3.8, 4) is 5.75 Å². The van der Waals surface area contributed by atoms with Crippen LogP contribution in [0.25, 0.3) is 32.8 Å². The van der Waals surface area contributed by atoms with E-state index in [1.54, 1.807) is 6.07 Å². The van der Waals surface area contributed by atoms with E-state index < -0.39 is 5.82 Å². The molecule has 180 valence electrons. The fourth-order valence-corrected chi connectivity index (χ4v) is 5.47. The Morgan fingerprint density at radius 1 is 1.18 bits per heavy atom. The highest BCUT2D eigenvalue weighted by molar-refractivity contribution is 6.10. The number of aromatic amines is 1. The lowest BCUT2D eigenvalue weighted by Gasteiger charge is -2.44. The Hall–Kier alpha value is -3.06. The van der Waals surface area contributed by atoms with Gasteiger partial charge in [-0.3, -0.25) is 9.69 Å². The number of H-pyrrole nitrogens is 1. The number of pyridine rings is 1. The maximum atomic E-state index is 16.6. The highest BCUT2D eigenvalue weighted by Crippen LogP contribution is 2.40. The molecule has 1 aliphatic heterocycles. The number of nitrogens with one attached hydrogen (secondary N) is 1. The van der Waals surface area contributed by atoms with Gasteiger partial charge in [0.05, 0.1) is 23.4 Å². The number of aromatic nitrogens is 2. The van der Waals surface area contributed by atoms with E-state index in [4.69, 9.17) is 6.11 Å². The number of benzene rings is 2. The summed E-state index contributed by atoms with van der Waals surface area (Å²) >= 11 is 0. The van der Waals surface area contributed by atoms with Crippen LogP contribution in [0.15, 0.2) is 29.1 Å². The Bertz CT molecular complexity index is 1500. The number of piperazine rings is 1. The second-order valence-corrected chi connectivity index (χ2v) is 9.95. The van der Waals surface area contributed by atoms with Crippen molar-refractivity contribution in [2.24, 2.45) is 0 Å². The molecule has 0 saturated carbocycles. The predicted octanol–water partition coefficient (Wildman–Crippen LogP) is 5.20. The van der Waals surface area contributed by atoms with E-state index >= 15 is 4.39 Å². The molecule has 1 saturated heterocycles. The van der Waals surface area contributed by atoms with Crippen LogP contribution in [0.5, 0.6) is 5.75 Å². The number of halogens is 1. The highest BCUT2D eigenvalue weighted by atomic mass is 19.1. The molecule has 1 fully saturated rings. The fourth-order valence-electron chi connectivity index (χ4n) is 5.47. The summed E-state index contributed by atoms with van der Waals surface area (Å²) in [5, 5.41) is 1.72. The molecule has 0 unspecified atom stereocenters. The fraction of sp³-hybridized carbons (Fsp3) is 0.444. The molecule has 2 aromatic carbocycles. The highest BCUT2D eigenvalue weighted by Gasteiger charge is 2.32. The molecule has 0 spiro atoms. The Kier molecular flexibility index (Phi) is 5.06. The van der Waals surface area contributed by atoms with E-state index in [-0.39, 0.29) is 30.6 Å². The van der Waals surface area contributed by atoms with Crippen molar-refractivity contribution in [1.82, 2.24) is 14.5 Å². The quantitative estimate of drug-likeness (QED) is 0.452. The first-order valence-corrected chi connectivity index (χ1v) is 11.8. The topological polar surface area (TPSA) is 53.5 Å². The van der Waals surface area contributed by atoms with Crippen LogP contribution in [0.1, 0.15) is 40.7 Å². The van der Waals surface area contributed by atoms with Crippen LogP contribution in [0.3, 0.4) is 0 Å². The molecule has 6 nitrogen and oxygen atoms in total. The third-order valence-corrected chi connectivity index (χ3v) is 7.22. The first-order chi connectivity index (χ1) is 16.7. The van der Waals surface area contributed by atoms with Gasteiger partial charge in [-0.15, -0.1) is 0 Å². The molecule has 0 amide bonds. The van der Waals surface area contributed by atoms with Gasteiger partial charge >= 0.3 is 0 Å². The number of aryl methyl sites for hydroxylation is 1. The summed E-state index contributed by atoms with van der Waals surface area (Å²) in [6.45, 7) is 11.3. The first-order valence-electron chi connectivity index (χ1n) is 12.5. The maximum absolute atomic E-state index is 16.6. The lowest BCUT2D eigenvalue weighted by atomic mass is 10.0. The summed E-state index contributed by atoms with van der Waals surface area (Å²) < 4.78 is 32.1. The molecule has 0 aliphatic carbocycles. The largest absolute Gasteiger partial charge is 0.494 e. The van der Waals surface area contributed by atoms with Gasteiger partial charge in [-0.05, 0) is 59.3 Å². The summed E-state index contributed by atoms with van der Waals surface area (Å²) in [6.07, 6.45) is 0. The number of nitrogens with zero attached hydrogens (tertiary/aromatic N) is 3. The molecule has 5 rings (SSSR count). The Morgan fingerprint density at radius 3 is 2.50 bits per heavy atom. The van der Waals surface area contributed by atoms with Crippen LogP contribution in [0, 0.1) is 12.7 Å². The monoisotopic (exact) mass is 465 g/mol. The van der Waals surface area contributed by atoms with Crippen molar-refractivity contribution in [3.05, 3.63) is 45.9 Å². The summed E-state index contributed by atoms with van der Waals surface area (Å²) in [6, 6.07) is 7.74. The van der Waals surface area contributed by atoms with Gasteiger partial charge in [-0.2, -0.15) is 0 Å². The molecule has 7 heteroatoms. The second-order valence-electron chi connectivity index (χ2n) is 9.95. The van der Waals surface area contributed by atoms with Gasteiger partial charge in [-0.25, -0.2) is 4.39 Å². The number of anilines is 1. The van der Waals surface area contributed by atoms with E-state index in [1.807, 2.05) is 48.4 Å². The van der Waals surface area contributed by atoms with Crippen molar-refractivity contribution in [2.75, 3.05) is 32.1 Å². The van der Waals surface area contributed by atoms with Crippen LogP contribution in [0.2, 0.25) is 0 Å².